The number of rotatable bonds is 5. The fourth-order valence-corrected chi connectivity index (χ4v) is 0.904. The Morgan fingerprint density at radius 2 is 0.960 bits per heavy atom. The smallest absolute Gasteiger partial charge is 0.460 e. The molecule has 0 atom stereocenters. The van der Waals surface area contributed by atoms with Crippen molar-refractivity contribution in [3.63, 3.8) is 0 Å². The number of aliphatic carboxylic acids is 1. The van der Waals surface area contributed by atoms with Gasteiger partial charge in [0.25, 0.3) is 0 Å². The Balaban J connectivity index is 0. The van der Waals surface area contributed by atoms with E-state index >= 15 is 0 Å². The lowest BCUT2D eigenvalue weighted by molar-refractivity contribution is -0.436. The van der Waals surface area contributed by atoms with Crippen LogP contribution >= 0.6 is 0 Å². The number of carboxylic acid groups (broad SMARTS) is 1. The number of alkyl halides is 13. The summed E-state index contributed by atoms with van der Waals surface area (Å²) in [5.41, 5.74) is 0. The summed E-state index contributed by atoms with van der Waals surface area (Å²) in [6.45, 7) is 1.43. The quantitative estimate of drug-likeness (QED) is 0.693. The summed E-state index contributed by atoms with van der Waals surface area (Å²) in [5, 5.41) is 14.9. The van der Waals surface area contributed by atoms with Crippen LogP contribution in [-0.2, 0) is 4.79 Å². The van der Waals surface area contributed by atoms with Crippen LogP contribution in [0.3, 0.4) is 0 Å². The first-order valence-electron chi connectivity index (χ1n) is 5.11. The average molecular weight is 405 g/mol. The van der Waals surface area contributed by atoms with Crippen molar-refractivity contribution in [3.8, 4) is 6.07 Å². The molecular formula is C9H4F13NO2. The Morgan fingerprint density at radius 3 is 1.16 bits per heavy atom. The number of carboxylic acids is 1. The van der Waals surface area contributed by atoms with Gasteiger partial charge in [0.15, 0.2) is 0 Å². The van der Waals surface area contributed by atoms with Crippen molar-refractivity contribution in [2.45, 2.75) is 42.7 Å². The maximum Gasteiger partial charge on any atom is 0.460 e. The lowest BCUT2D eigenvalue weighted by atomic mass is 9.94. The van der Waals surface area contributed by atoms with Gasteiger partial charge in [-0.15, -0.1) is 0 Å². The van der Waals surface area contributed by atoms with Crippen LogP contribution in [0.4, 0.5) is 57.1 Å². The first-order chi connectivity index (χ1) is 10.6. The summed E-state index contributed by atoms with van der Waals surface area (Å²) in [6.07, 6.45) is -7.52. The van der Waals surface area contributed by atoms with E-state index in [0.717, 1.165) is 0 Å². The number of hydrogen-bond acceptors (Lipinski definition) is 2. The number of nitrogens with zero attached hydrogens (tertiary/aromatic N) is 1. The summed E-state index contributed by atoms with van der Waals surface area (Å²) in [4.78, 5) is 9.67. The molecule has 148 valence electrons. The van der Waals surface area contributed by atoms with Gasteiger partial charge in [-0.05, 0) is 0 Å². The molecule has 0 saturated carbocycles. The molecule has 0 aliphatic rings. The lowest BCUT2D eigenvalue weighted by Crippen LogP contribution is -2.71. The molecule has 0 spiro atoms. The Labute approximate surface area is 128 Å². The molecule has 0 radical (unpaired) electrons. The van der Waals surface area contributed by atoms with Crippen molar-refractivity contribution >= 4 is 5.97 Å². The van der Waals surface area contributed by atoms with E-state index in [4.69, 9.17) is 10.4 Å². The van der Waals surface area contributed by atoms with Crippen LogP contribution in [0.15, 0.2) is 0 Å². The van der Waals surface area contributed by atoms with Crippen molar-refractivity contribution in [3.05, 3.63) is 0 Å². The Morgan fingerprint density at radius 1 is 0.720 bits per heavy atom. The molecule has 3 nitrogen and oxygen atoms in total. The minimum Gasteiger partial charge on any atom is -0.477 e. The predicted octanol–water partition coefficient (Wildman–Crippen LogP) is 4.34. The number of halogens is 13. The Hall–Kier alpha value is -1.95. The lowest BCUT2D eigenvalue weighted by Gasteiger charge is -2.38. The van der Waals surface area contributed by atoms with Crippen LogP contribution in [0.1, 0.15) is 6.92 Å². The summed E-state index contributed by atoms with van der Waals surface area (Å²) in [7, 11) is 0. The van der Waals surface area contributed by atoms with Crippen molar-refractivity contribution in [1.82, 2.24) is 0 Å². The van der Waals surface area contributed by atoms with Gasteiger partial charge >= 0.3 is 41.8 Å². The van der Waals surface area contributed by atoms with Crippen molar-refractivity contribution < 1.29 is 67.0 Å². The first-order valence-corrected chi connectivity index (χ1v) is 5.11. The van der Waals surface area contributed by atoms with Gasteiger partial charge in [0, 0.05) is 6.92 Å². The molecule has 0 rings (SSSR count). The molecule has 0 aliphatic carbocycles. The maximum absolute atomic E-state index is 12.6. The van der Waals surface area contributed by atoms with Gasteiger partial charge < -0.3 is 5.11 Å². The minimum atomic E-state index is -8.08. The molecule has 0 aliphatic heterocycles. The second-order valence-corrected chi connectivity index (χ2v) is 3.90. The van der Waals surface area contributed by atoms with Crippen molar-refractivity contribution in [2.75, 3.05) is 0 Å². The monoisotopic (exact) mass is 405 g/mol. The highest BCUT2D eigenvalue weighted by atomic mass is 19.4. The van der Waals surface area contributed by atoms with Crippen molar-refractivity contribution in [1.29, 1.82) is 5.26 Å². The van der Waals surface area contributed by atoms with E-state index in [1.807, 2.05) is 0 Å². The average Bonchev–Trinajstić information content (AvgIpc) is 2.36. The van der Waals surface area contributed by atoms with Crippen LogP contribution < -0.4 is 0 Å². The zero-order chi connectivity index (χ0) is 21.3. The number of carbonyl (C=O) groups is 1. The summed E-state index contributed by atoms with van der Waals surface area (Å²) in [6, 6.07) is 1.75. The molecule has 0 saturated heterocycles. The largest absolute Gasteiger partial charge is 0.477 e. The van der Waals surface area contributed by atoms with Gasteiger partial charge in [0.05, 0.1) is 6.07 Å². The van der Waals surface area contributed by atoms with E-state index in [9.17, 15) is 61.9 Å². The zero-order valence-electron chi connectivity index (χ0n) is 11.2. The molecular weight excluding hydrogens is 401 g/mol. The highest BCUT2D eigenvalue weighted by molar-refractivity contribution is 5.77. The molecule has 0 unspecified atom stereocenters. The van der Waals surface area contributed by atoms with Crippen LogP contribution in [0, 0.1) is 11.3 Å². The topological polar surface area (TPSA) is 61.1 Å². The molecule has 0 heterocycles. The van der Waals surface area contributed by atoms with E-state index in [0.29, 0.717) is 0 Å². The maximum atomic E-state index is 12.6. The van der Waals surface area contributed by atoms with E-state index in [-0.39, 0.29) is 0 Å². The van der Waals surface area contributed by atoms with Gasteiger partial charge in [-0.2, -0.15) is 62.3 Å². The summed E-state index contributed by atoms with van der Waals surface area (Å²) in [5.74, 6) is -43.0. The van der Waals surface area contributed by atoms with Gasteiger partial charge in [0.1, 0.15) is 0 Å². The van der Waals surface area contributed by atoms with E-state index < -0.39 is 41.8 Å². The van der Waals surface area contributed by atoms with Gasteiger partial charge in [0.2, 0.25) is 0 Å². The predicted molar refractivity (Wildman–Crippen MR) is 49.7 cm³/mol. The third-order valence-electron chi connectivity index (χ3n) is 2.20. The van der Waals surface area contributed by atoms with Crippen LogP contribution in [-0.4, -0.2) is 46.9 Å². The number of nitriles is 1. The third kappa shape index (κ3) is 3.68. The van der Waals surface area contributed by atoms with Gasteiger partial charge in [-0.25, -0.2) is 4.79 Å². The minimum absolute atomic E-state index is 1.43. The van der Waals surface area contributed by atoms with Crippen molar-refractivity contribution in [2.24, 2.45) is 0 Å². The van der Waals surface area contributed by atoms with Crippen LogP contribution in [0.2, 0.25) is 0 Å². The van der Waals surface area contributed by atoms with E-state index in [1.54, 1.807) is 6.07 Å². The molecule has 0 aromatic carbocycles. The Kier molecular flexibility index (Phi) is 6.83. The van der Waals surface area contributed by atoms with Gasteiger partial charge in [-0.3, -0.25) is 0 Å². The van der Waals surface area contributed by atoms with Crippen LogP contribution in [0.5, 0.6) is 0 Å². The van der Waals surface area contributed by atoms with E-state index in [1.165, 1.54) is 6.92 Å². The molecule has 25 heavy (non-hydrogen) atoms. The molecule has 16 heteroatoms. The van der Waals surface area contributed by atoms with E-state index in [2.05, 4.69) is 0 Å². The normalized spacial score (nSPS) is 14.3. The zero-order valence-corrected chi connectivity index (χ0v) is 11.2. The highest BCUT2D eigenvalue weighted by Gasteiger charge is 2.91. The Bertz CT molecular complexity index is 531. The number of hydrogen-bond donors (Lipinski definition) is 1. The second kappa shape index (κ2) is 6.75. The third-order valence-corrected chi connectivity index (χ3v) is 2.20. The SMILES string of the molecule is CC#N.O=C(O)C(F)(F)C(F)(F)C(F)(F)C(F)(F)C(F)(F)C(F)(F)F. The van der Waals surface area contributed by atoms with Crippen LogP contribution in [0.25, 0.3) is 0 Å². The van der Waals surface area contributed by atoms with Gasteiger partial charge in [-0.1, -0.05) is 0 Å². The first kappa shape index (κ1) is 25.3. The molecule has 1 N–H and O–H groups in total. The fourth-order valence-electron chi connectivity index (χ4n) is 0.904. The highest BCUT2D eigenvalue weighted by Crippen LogP contribution is 2.60. The molecule has 0 amide bonds. The molecule has 0 fully saturated rings. The molecule has 0 bridgehead atoms. The second-order valence-electron chi connectivity index (χ2n) is 3.90. The standard InChI is InChI=1S/C7HF13O2.C2H3N/c8-2(9,1(21)22)3(10,11)4(12,13)5(14,15)6(16,17)7(18,19)20;1-2-3/h(H,21,22);1H3. The summed E-state index contributed by atoms with van der Waals surface area (Å²) >= 11 is 0. The summed E-state index contributed by atoms with van der Waals surface area (Å²) < 4.78 is 159. The molecule has 0 aromatic rings. The molecule has 0 aromatic heterocycles. The fraction of sp³-hybridized carbons (Fsp3) is 0.778.